The van der Waals surface area contributed by atoms with Gasteiger partial charge < -0.3 is 14.8 Å². The van der Waals surface area contributed by atoms with Gasteiger partial charge in [-0.2, -0.15) is 0 Å². The third kappa shape index (κ3) is 3.04. The third-order valence-corrected chi connectivity index (χ3v) is 3.24. The van der Waals surface area contributed by atoms with E-state index in [0.29, 0.717) is 11.3 Å². The summed E-state index contributed by atoms with van der Waals surface area (Å²) < 4.78 is 31.8. The molecule has 3 aromatic rings. The van der Waals surface area contributed by atoms with Gasteiger partial charge in [0.15, 0.2) is 11.6 Å². The van der Waals surface area contributed by atoms with E-state index in [2.05, 4.69) is 9.97 Å². The van der Waals surface area contributed by atoms with Gasteiger partial charge >= 0.3 is 0 Å². The fourth-order valence-corrected chi connectivity index (χ4v) is 2.14. The summed E-state index contributed by atoms with van der Waals surface area (Å²) in [5.74, 6) is -1.36. The van der Waals surface area contributed by atoms with Crippen LogP contribution in [0.25, 0.3) is 22.3 Å². The topological polar surface area (TPSA) is 75.2 Å². The number of aliphatic hydroxyl groups is 1. The quantitative estimate of drug-likeness (QED) is 0.773. The molecule has 7 heteroatoms. The van der Waals surface area contributed by atoms with E-state index < -0.39 is 17.2 Å². The largest absolute Gasteiger partial charge is 0.491 e. The lowest BCUT2D eigenvalue weighted by Crippen LogP contribution is -2.10. The maximum absolute atomic E-state index is 13.3. The van der Waals surface area contributed by atoms with Crippen molar-refractivity contribution in [3.63, 3.8) is 0 Å². The first kappa shape index (κ1) is 15.1. The number of aromatic amines is 1. The molecule has 2 aromatic carbocycles. The molecule has 0 radical (unpaired) electrons. The SMILES string of the molecule is O=c1[nH]c(-c2ccc(OCCO)cc2)nc2cc(F)c(F)cc12. The van der Waals surface area contributed by atoms with E-state index >= 15 is 0 Å². The molecular weight excluding hydrogens is 306 g/mol. The van der Waals surface area contributed by atoms with E-state index in [1.165, 1.54) is 0 Å². The van der Waals surface area contributed by atoms with Crippen LogP contribution in [0.1, 0.15) is 0 Å². The van der Waals surface area contributed by atoms with E-state index in [1.807, 2.05) is 0 Å². The molecule has 118 valence electrons. The molecule has 0 unspecified atom stereocenters. The number of nitrogens with zero attached hydrogens (tertiary/aromatic N) is 1. The van der Waals surface area contributed by atoms with Crippen LogP contribution in [-0.2, 0) is 0 Å². The number of hydrogen-bond donors (Lipinski definition) is 2. The van der Waals surface area contributed by atoms with Gasteiger partial charge in [-0.15, -0.1) is 0 Å². The molecule has 0 atom stereocenters. The lowest BCUT2D eigenvalue weighted by molar-refractivity contribution is 0.201. The second kappa shape index (κ2) is 6.13. The molecule has 2 N–H and O–H groups in total. The van der Waals surface area contributed by atoms with Gasteiger partial charge in [-0.25, -0.2) is 13.8 Å². The number of rotatable bonds is 4. The van der Waals surface area contributed by atoms with Crippen molar-refractivity contribution in [2.75, 3.05) is 13.2 Å². The Labute approximate surface area is 129 Å². The van der Waals surface area contributed by atoms with Gasteiger partial charge in [0, 0.05) is 11.6 Å². The predicted octanol–water partition coefficient (Wildman–Crippen LogP) is 2.24. The number of nitrogens with one attached hydrogen (secondary N) is 1. The van der Waals surface area contributed by atoms with Gasteiger partial charge in [0.05, 0.1) is 17.5 Å². The predicted molar refractivity (Wildman–Crippen MR) is 80.3 cm³/mol. The summed E-state index contributed by atoms with van der Waals surface area (Å²) >= 11 is 0. The van der Waals surface area contributed by atoms with Crippen LogP contribution < -0.4 is 10.3 Å². The van der Waals surface area contributed by atoms with Crippen LogP contribution in [0.15, 0.2) is 41.2 Å². The molecule has 23 heavy (non-hydrogen) atoms. The fraction of sp³-hybridized carbons (Fsp3) is 0.125. The maximum atomic E-state index is 13.3. The first-order chi connectivity index (χ1) is 11.1. The number of aliphatic hydroxyl groups excluding tert-OH is 1. The molecular formula is C16H12F2N2O3. The Morgan fingerprint density at radius 2 is 1.83 bits per heavy atom. The summed E-state index contributed by atoms with van der Waals surface area (Å²) in [5.41, 5.74) is 0.109. The molecule has 0 spiro atoms. The van der Waals surface area contributed by atoms with Gasteiger partial charge in [-0.1, -0.05) is 0 Å². The fourth-order valence-electron chi connectivity index (χ4n) is 2.14. The second-order valence-electron chi connectivity index (χ2n) is 4.79. The van der Waals surface area contributed by atoms with Gasteiger partial charge in [-0.3, -0.25) is 4.79 Å². The lowest BCUT2D eigenvalue weighted by Gasteiger charge is -2.06. The molecule has 1 aromatic heterocycles. The van der Waals surface area contributed by atoms with Crippen molar-refractivity contribution in [3.8, 4) is 17.1 Å². The number of benzene rings is 2. The maximum Gasteiger partial charge on any atom is 0.259 e. The monoisotopic (exact) mass is 318 g/mol. The molecule has 0 fully saturated rings. The highest BCUT2D eigenvalue weighted by Gasteiger charge is 2.10. The molecule has 0 bridgehead atoms. The zero-order chi connectivity index (χ0) is 16.4. The minimum absolute atomic E-state index is 0.0180. The van der Waals surface area contributed by atoms with Gasteiger partial charge in [0.25, 0.3) is 5.56 Å². The third-order valence-electron chi connectivity index (χ3n) is 3.24. The molecule has 5 nitrogen and oxygen atoms in total. The normalized spacial score (nSPS) is 10.9. The summed E-state index contributed by atoms with van der Waals surface area (Å²) in [6.07, 6.45) is 0. The zero-order valence-electron chi connectivity index (χ0n) is 11.8. The Hall–Kier alpha value is -2.80. The average molecular weight is 318 g/mol. The number of fused-ring (bicyclic) bond motifs is 1. The standard InChI is InChI=1S/C16H12F2N2O3/c17-12-7-11-14(8-13(12)18)19-15(20-16(11)22)9-1-3-10(4-2-9)23-6-5-21/h1-4,7-8,21H,5-6H2,(H,19,20,22). The second-order valence-corrected chi connectivity index (χ2v) is 4.79. The van der Waals surface area contributed by atoms with Crippen molar-refractivity contribution in [1.82, 2.24) is 9.97 Å². The van der Waals surface area contributed by atoms with Crippen LogP contribution in [-0.4, -0.2) is 28.3 Å². The first-order valence-electron chi connectivity index (χ1n) is 6.81. The van der Waals surface area contributed by atoms with E-state index in [-0.39, 0.29) is 29.9 Å². The molecule has 0 aliphatic heterocycles. The minimum Gasteiger partial charge on any atom is -0.491 e. The van der Waals surface area contributed by atoms with Gasteiger partial charge in [0.2, 0.25) is 0 Å². The van der Waals surface area contributed by atoms with Crippen molar-refractivity contribution in [1.29, 1.82) is 0 Å². The summed E-state index contributed by atoms with van der Waals surface area (Å²) in [5, 5.41) is 8.68. The smallest absolute Gasteiger partial charge is 0.259 e. The van der Waals surface area contributed by atoms with Crippen LogP contribution in [0.3, 0.4) is 0 Å². The highest BCUT2D eigenvalue weighted by Crippen LogP contribution is 2.21. The Kier molecular flexibility index (Phi) is 4.03. The van der Waals surface area contributed by atoms with Crippen molar-refractivity contribution in [2.24, 2.45) is 0 Å². The number of aromatic nitrogens is 2. The van der Waals surface area contributed by atoms with E-state index in [4.69, 9.17) is 9.84 Å². The Balaban J connectivity index is 2.03. The molecule has 1 heterocycles. The summed E-state index contributed by atoms with van der Waals surface area (Å²) in [7, 11) is 0. The number of H-pyrrole nitrogens is 1. The average Bonchev–Trinajstić information content (AvgIpc) is 2.55. The number of hydrogen-bond acceptors (Lipinski definition) is 4. The van der Waals surface area contributed by atoms with Crippen LogP contribution >= 0.6 is 0 Å². The summed E-state index contributed by atoms with van der Waals surface area (Å²) in [4.78, 5) is 18.7. The minimum atomic E-state index is -1.09. The Morgan fingerprint density at radius 1 is 1.13 bits per heavy atom. The van der Waals surface area contributed by atoms with E-state index in [1.54, 1.807) is 24.3 Å². The van der Waals surface area contributed by atoms with Crippen molar-refractivity contribution >= 4 is 10.9 Å². The van der Waals surface area contributed by atoms with Crippen LogP contribution in [0, 0.1) is 11.6 Å². The molecule has 0 saturated heterocycles. The molecule has 0 aliphatic rings. The highest BCUT2D eigenvalue weighted by molar-refractivity contribution is 5.79. The number of ether oxygens (including phenoxy) is 1. The molecule has 0 saturated carbocycles. The summed E-state index contributed by atoms with van der Waals surface area (Å²) in [6, 6.07) is 8.35. The Bertz CT molecular complexity index is 908. The molecule has 0 amide bonds. The summed E-state index contributed by atoms with van der Waals surface area (Å²) in [6.45, 7) is 0.0820. The van der Waals surface area contributed by atoms with Gasteiger partial charge in [-0.05, 0) is 30.3 Å². The zero-order valence-corrected chi connectivity index (χ0v) is 11.8. The van der Waals surface area contributed by atoms with Crippen molar-refractivity contribution < 1.29 is 18.6 Å². The van der Waals surface area contributed by atoms with E-state index in [0.717, 1.165) is 12.1 Å². The Morgan fingerprint density at radius 3 is 2.52 bits per heavy atom. The van der Waals surface area contributed by atoms with Crippen LogP contribution in [0.2, 0.25) is 0 Å². The lowest BCUT2D eigenvalue weighted by atomic mass is 10.2. The van der Waals surface area contributed by atoms with E-state index in [9.17, 15) is 13.6 Å². The van der Waals surface area contributed by atoms with Crippen LogP contribution in [0.5, 0.6) is 5.75 Å². The molecule has 3 rings (SSSR count). The van der Waals surface area contributed by atoms with Crippen molar-refractivity contribution in [3.05, 3.63) is 58.4 Å². The number of halogens is 2. The molecule has 0 aliphatic carbocycles. The van der Waals surface area contributed by atoms with Crippen LogP contribution in [0.4, 0.5) is 8.78 Å². The first-order valence-corrected chi connectivity index (χ1v) is 6.81. The van der Waals surface area contributed by atoms with Gasteiger partial charge in [0.1, 0.15) is 18.2 Å². The van der Waals surface area contributed by atoms with Crippen molar-refractivity contribution in [2.45, 2.75) is 0 Å². The highest BCUT2D eigenvalue weighted by atomic mass is 19.2.